The van der Waals surface area contributed by atoms with Gasteiger partial charge in [-0.05, 0) is 41.6 Å². The minimum atomic E-state index is -0.337. The molecule has 0 atom stereocenters. The Hall–Kier alpha value is -2.70. The third-order valence-electron chi connectivity index (χ3n) is 3.80. The standard InChI is InChI=1S/C20H17ClN2O3S/c1-26-17-11-10-15(21)12-16(17)22-13-23-19(24)18(27-20(23)25)9-5-8-14-6-3-2-4-7-14/h2-12,22H,13H2,1H3. The zero-order valence-corrected chi connectivity index (χ0v) is 16.1. The fraction of sp³-hybridized carbons (Fsp3) is 0.100. The normalized spacial score (nSPS) is 15.8. The van der Waals surface area contributed by atoms with Crippen LogP contribution in [0.2, 0.25) is 5.02 Å². The van der Waals surface area contributed by atoms with Crippen molar-refractivity contribution in [2.24, 2.45) is 0 Å². The highest BCUT2D eigenvalue weighted by Gasteiger charge is 2.34. The number of anilines is 1. The molecule has 1 heterocycles. The van der Waals surface area contributed by atoms with Crippen LogP contribution in [0, 0.1) is 0 Å². The molecule has 1 fully saturated rings. The Morgan fingerprint density at radius 1 is 1.19 bits per heavy atom. The molecule has 1 saturated heterocycles. The highest BCUT2D eigenvalue weighted by atomic mass is 35.5. The quantitative estimate of drug-likeness (QED) is 0.690. The van der Waals surface area contributed by atoms with Crippen molar-refractivity contribution in [2.75, 3.05) is 19.1 Å². The van der Waals surface area contributed by atoms with E-state index in [0.717, 1.165) is 22.2 Å². The van der Waals surface area contributed by atoms with Gasteiger partial charge in [0, 0.05) is 5.02 Å². The number of allylic oxidation sites excluding steroid dienone is 2. The molecular formula is C20H17ClN2O3S. The molecule has 2 aromatic carbocycles. The summed E-state index contributed by atoms with van der Waals surface area (Å²) in [6, 6.07) is 14.8. The Morgan fingerprint density at radius 3 is 2.70 bits per heavy atom. The van der Waals surface area contributed by atoms with E-state index in [0.29, 0.717) is 21.4 Å². The number of benzene rings is 2. The number of thioether (sulfide) groups is 1. The van der Waals surface area contributed by atoms with Gasteiger partial charge in [-0.15, -0.1) is 0 Å². The van der Waals surface area contributed by atoms with Crippen LogP contribution in [-0.2, 0) is 4.79 Å². The van der Waals surface area contributed by atoms with Crippen LogP contribution in [0.1, 0.15) is 5.56 Å². The van der Waals surface area contributed by atoms with E-state index in [-0.39, 0.29) is 17.8 Å². The summed E-state index contributed by atoms with van der Waals surface area (Å²) in [7, 11) is 1.54. The first-order valence-corrected chi connectivity index (χ1v) is 9.32. The SMILES string of the molecule is COc1ccc(Cl)cc1NCN1C(=O)SC(=CC=Cc2ccccc2)C1=O. The predicted molar refractivity (Wildman–Crippen MR) is 110 cm³/mol. The molecule has 1 N–H and O–H groups in total. The highest BCUT2D eigenvalue weighted by Crippen LogP contribution is 2.32. The van der Waals surface area contributed by atoms with E-state index < -0.39 is 0 Å². The van der Waals surface area contributed by atoms with Crippen molar-refractivity contribution in [1.82, 2.24) is 4.90 Å². The maximum atomic E-state index is 12.5. The van der Waals surface area contributed by atoms with Crippen molar-refractivity contribution in [3.05, 3.63) is 76.2 Å². The van der Waals surface area contributed by atoms with Gasteiger partial charge in [0.1, 0.15) is 5.75 Å². The number of ether oxygens (including phenoxy) is 1. The largest absolute Gasteiger partial charge is 0.495 e. The molecule has 0 spiro atoms. The lowest BCUT2D eigenvalue weighted by Gasteiger charge is -2.16. The number of nitrogens with one attached hydrogen (secondary N) is 1. The Labute approximate surface area is 166 Å². The molecule has 0 saturated carbocycles. The minimum absolute atomic E-state index is 0.0289. The van der Waals surface area contributed by atoms with Gasteiger partial charge in [0.2, 0.25) is 0 Å². The number of amides is 2. The Kier molecular flexibility index (Phi) is 6.21. The van der Waals surface area contributed by atoms with Gasteiger partial charge >= 0.3 is 0 Å². The summed E-state index contributed by atoms with van der Waals surface area (Å²) in [6.07, 6.45) is 5.29. The van der Waals surface area contributed by atoms with Crippen molar-refractivity contribution >= 4 is 46.3 Å². The molecule has 0 unspecified atom stereocenters. The number of nitrogens with zero attached hydrogens (tertiary/aromatic N) is 1. The summed E-state index contributed by atoms with van der Waals surface area (Å²) < 4.78 is 5.25. The number of carbonyl (C=O) groups excluding carboxylic acids is 2. The Balaban J connectivity index is 1.67. The second kappa shape index (κ2) is 8.79. The van der Waals surface area contributed by atoms with E-state index >= 15 is 0 Å². The van der Waals surface area contributed by atoms with Crippen molar-refractivity contribution < 1.29 is 14.3 Å². The lowest BCUT2D eigenvalue weighted by Crippen LogP contribution is -2.33. The summed E-state index contributed by atoms with van der Waals surface area (Å²) in [5.74, 6) is 0.240. The van der Waals surface area contributed by atoms with E-state index in [1.54, 1.807) is 30.4 Å². The number of methoxy groups -OCH3 is 1. The molecule has 1 aliphatic heterocycles. The molecule has 5 nitrogen and oxygen atoms in total. The molecule has 0 aromatic heterocycles. The van der Waals surface area contributed by atoms with Crippen LogP contribution >= 0.6 is 23.4 Å². The minimum Gasteiger partial charge on any atom is -0.495 e. The van der Waals surface area contributed by atoms with Crippen molar-refractivity contribution in [1.29, 1.82) is 0 Å². The monoisotopic (exact) mass is 400 g/mol. The number of rotatable bonds is 6. The smallest absolute Gasteiger partial charge is 0.295 e. The summed E-state index contributed by atoms with van der Waals surface area (Å²) in [5.41, 5.74) is 1.62. The van der Waals surface area contributed by atoms with E-state index in [2.05, 4.69) is 5.32 Å². The van der Waals surface area contributed by atoms with Crippen LogP contribution in [0.5, 0.6) is 5.75 Å². The van der Waals surface area contributed by atoms with E-state index in [9.17, 15) is 9.59 Å². The van der Waals surface area contributed by atoms with Gasteiger partial charge in [-0.3, -0.25) is 14.5 Å². The summed E-state index contributed by atoms with van der Waals surface area (Å²) in [5, 5.41) is 3.23. The number of halogens is 1. The van der Waals surface area contributed by atoms with E-state index in [1.807, 2.05) is 36.4 Å². The van der Waals surface area contributed by atoms with Crippen LogP contribution in [0.3, 0.4) is 0 Å². The average molecular weight is 401 g/mol. The molecule has 2 aromatic rings. The van der Waals surface area contributed by atoms with Gasteiger partial charge in [0.25, 0.3) is 11.1 Å². The topological polar surface area (TPSA) is 58.6 Å². The lowest BCUT2D eigenvalue weighted by atomic mass is 10.2. The van der Waals surface area contributed by atoms with Crippen molar-refractivity contribution in [3.63, 3.8) is 0 Å². The van der Waals surface area contributed by atoms with Crippen LogP contribution in [0.4, 0.5) is 10.5 Å². The Bertz CT molecular complexity index is 913. The molecule has 2 amide bonds. The first-order chi connectivity index (χ1) is 13.1. The highest BCUT2D eigenvalue weighted by molar-refractivity contribution is 8.18. The maximum Gasteiger partial charge on any atom is 0.295 e. The molecule has 138 valence electrons. The average Bonchev–Trinajstić information content (AvgIpc) is 2.94. The molecule has 27 heavy (non-hydrogen) atoms. The molecule has 7 heteroatoms. The van der Waals surface area contributed by atoms with E-state index in [4.69, 9.17) is 16.3 Å². The fourth-order valence-electron chi connectivity index (χ4n) is 2.44. The predicted octanol–water partition coefficient (Wildman–Crippen LogP) is 5.01. The summed E-state index contributed by atoms with van der Waals surface area (Å²) in [4.78, 5) is 26.2. The van der Waals surface area contributed by atoms with Crippen LogP contribution < -0.4 is 10.1 Å². The first-order valence-electron chi connectivity index (χ1n) is 8.13. The third kappa shape index (κ3) is 4.72. The number of imide groups is 1. The first kappa shape index (κ1) is 19.1. The van der Waals surface area contributed by atoms with Gasteiger partial charge < -0.3 is 10.1 Å². The van der Waals surface area contributed by atoms with Crippen molar-refractivity contribution in [2.45, 2.75) is 0 Å². The number of hydrogen-bond donors (Lipinski definition) is 1. The van der Waals surface area contributed by atoms with Gasteiger partial charge in [-0.1, -0.05) is 54.1 Å². The molecule has 1 aliphatic rings. The summed E-state index contributed by atoms with van der Waals surface area (Å²) in [6.45, 7) is 0.0289. The second-order valence-electron chi connectivity index (χ2n) is 5.58. The molecule has 0 bridgehead atoms. The number of carbonyl (C=O) groups is 2. The van der Waals surface area contributed by atoms with Crippen LogP contribution in [-0.4, -0.2) is 29.8 Å². The van der Waals surface area contributed by atoms with Crippen molar-refractivity contribution in [3.8, 4) is 5.75 Å². The number of hydrogen-bond acceptors (Lipinski definition) is 5. The molecule has 3 rings (SSSR count). The molecule has 0 aliphatic carbocycles. The van der Waals surface area contributed by atoms with Gasteiger partial charge in [-0.25, -0.2) is 0 Å². The molecular weight excluding hydrogens is 384 g/mol. The van der Waals surface area contributed by atoms with Crippen LogP contribution in [0.15, 0.2) is 65.6 Å². The summed E-state index contributed by atoms with van der Waals surface area (Å²) >= 11 is 6.91. The Morgan fingerprint density at radius 2 is 1.96 bits per heavy atom. The van der Waals surface area contributed by atoms with Gasteiger partial charge in [0.05, 0.1) is 24.4 Å². The third-order valence-corrected chi connectivity index (χ3v) is 4.96. The fourth-order valence-corrected chi connectivity index (χ4v) is 3.41. The van der Waals surface area contributed by atoms with Crippen LogP contribution in [0.25, 0.3) is 6.08 Å². The lowest BCUT2D eigenvalue weighted by molar-refractivity contribution is -0.122. The van der Waals surface area contributed by atoms with E-state index in [1.165, 1.54) is 7.11 Å². The zero-order chi connectivity index (χ0) is 19.2. The maximum absolute atomic E-state index is 12.5. The molecule has 0 radical (unpaired) electrons. The second-order valence-corrected chi connectivity index (χ2v) is 7.01. The van der Waals surface area contributed by atoms with Gasteiger partial charge in [0.15, 0.2) is 0 Å². The zero-order valence-electron chi connectivity index (χ0n) is 14.5. The van der Waals surface area contributed by atoms with Gasteiger partial charge in [-0.2, -0.15) is 0 Å².